The van der Waals surface area contributed by atoms with Crippen molar-refractivity contribution in [2.45, 2.75) is 39.7 Å². The molecule has 0 aromatic heterocycles. The number of alkyl halides is 1. The van der Waals surface area contributed by atoms with Gasteiger partial charge in [0.05, 0.1) is 6.61 Å². The van der Waals surface area contributed by atoms with Gasteiger partial charge in [0.15, 0.2) is 0 Å². The fourth-order valence-corrected chi connectivity index (χ4v) is 3.36. The average Bonchev–Trinajstić information content (AvgIpc) is 2.59. The van der Waals surface area contributed by atoms with Crippen LogP contribution in [0.3, 0.4) is 0 Å². The first-order valence-electron chi connectivity index (χ1n) is 5.90. The highest BCUT2D eigenvalue weighted by Crippen LogP contribution is 2.30. The maximum Gasteiger partial charge on any atom is 0.0586 e. The second kappa shape index (κ2) is 5.65. The Morgan fingerprint density at radius 3 is 2.60 bits per heavy atom. The third-order valence-electron chi connectivity index (χ3n) is 3.58. The molecule has 2 atom stereocenters. The van der Waals surface area contributed by atoms with Crippen LogP contribution in [0.4, 0.5) is 0 Å². The van der Waals surface area contributed by atoms with Crippen LogP contribution in [0.1, 0.15) is 33.6 Å². The van der Waals surface area contributed by atoms with Crippen LogP contribution in [-0.4, -0.2) is 41.1 Å². The molecule has 1 aliphatic heterocycles. The second-order valence-electron chi connectivity index (χ2n) is 5.69. The molecule has 0 radical (unpaired) electrons. The van der Waals surface area contributed by atoms with Gasteiger partial charge >= 0.3 is 0 Å². The molecule has 90 valence electrons. The van der Waals surface area contributed by atoms with Gasteiger partial charge in [-0.05, 0) is 30.7 Å². The smallest absolute Gasteiger partial charge is 0.0586 e. The highest BCUT2D eigenvalue weighted by atomic mass is 79.9. The number of aliphatic hydroxyl groups excluding tert-OH is 1. The second-order valence-corrected chi connectivity index (χ2v) is 6.34. The van der Waals surface area contributed by atoms with E-state index in [9.17, 15) is 5.11 Å². The van der Waals surface area contributed by atoms with Crippen LogP contribution in [0.25, 0.3) is 0 Å². The predicted molar refractivity (Wildman–Crippen MR) is 68.4 cm³/mol. The molecule has 2 unspecified atom stereocenters. The summed E-state index contributed by atoms with van der Waals surface area (Å²) in [6.07, 6.45) is 2.40. The molecule has 0 saturated carbocycles. The van der Waals surface area contributed by atoms with Crippen LogP contribution in [0, 0.1) is 11.3 Å². The lowest BCUT2D eigenvalue weighted by molar-refractivity contribution is 0.116. The number of nitrogens with zero attached hydrogens (tertiary/aromatic N) is 1. The van der Waals surface area contributed by atoms with E-state index in [0.717, 1.165) is 24.8 Å². The molecular formula is C12H24BrNO. The number of hydrogen-bond acceptors (Lipinski definition) is 2. The van der Waals surface area contributed by atoms with Crippen molar-refractivity contribution in [3.05, 3.63) is 0 Å². The largest absolute Gasteiger partial charge is 0.395 e. The molecule has 3 heteroatoms. The first-order chi connectivity index (χ1) is 6.99. The summed E-state index contributed by atoms with van der Waals surface area (Å²) in [6.45, 7) is 9.47. The van der Waals surface area contributed by atoms with Crippen molar-refractivity contribution in [1.29, 1.82) is 0 Å². The van der Waals surface area contributed by atoms with E-state index in [1.54, 1.807) is 0 Å². The van der Waals surface area contributed by atoms with Crippen LogP contribution < -0.4 is 0 Å². The number of hydrogen-bond donors (Lipinski definition) is 1. The van der Waals surface area contributed by atoms with Crippen LogP contribution in [0.2, 0.25) is 0 Å². The Labute approximate surface area is 102 Å². The highest BCUT2D eigenvalue weighted by molar-refractivity contribution is 9.09. The fourth-order valence-electron chi connectivity index (χ4n) is 2.18. The van der Waals surface area contributed by atoms with Crippen LogP contribution in [-0.2, 0) is 0 Å². The number of likely N-dealkylation sites (tertiary alicyclic amines) is 1. The molecule has 0 aromatic rings. The monoisotopic (exact) mass is 277 g/mol. The van der Waals surface area contributed by atoms with E-state index in [0.29, 0.717) is 24.0 Å². The van der Waals surface area contributed by atoms with E-state index < -0.39 is 0 Å². The SMILES string of the molecule is CC(C)(C)C(CBr)CN1CCCC1CO. The maximum absolute atomic E-state index is 9.27. The maximum atomic E-state index is 9.27. The molecule has 0 bridgehead atoms. The van der Waals surface area contributed by atoms with Gasteiger partial charge in [-0.25, -0.2) is 0 Å². The molecule has 15 heavy (non-hydrogen) atoms. The molecule has 0 amide bonds. The predicted octanol–water partition coefficient (Wildman–Crippen LogP) is 2.50. The van der Waals surface area contributed by atoms with Gasteiger partial charge in [0, 0.05) is 17.9 Å². The van der Waals surface area contributed by atoms with E-state index in [1.807, 2.05) is 0 Å². The quantitative estimate of drug-likeness (QED) is 0.799. The van der Waals surface area contributed by atoms with Gasteiger partial charge < -0.3 is 5.11 Å². The minimum Gasteiger partial charge on any atom is -0.395 e. The van der Waals surface area contributed by atoms with Crippen LogP contribution in [0.15, 0.2) is 0 Å². The van der Waals surface area contributed by atoms with E-state index in [2.05, 4.69) is 41.6 Å². The van der Waals surface area contributed by atoms with Gasteiger partial charge in [-0.1, -0.05) is 36.7 Å². The summed E-state index contributed by atoms with van der Waals surface area (Å²) in [5.74, 6) is 0.657. The van der Waals surface area contributed by atoms with Crippen molar-refractivity contribution in [3.8, 4) is 0 Å². The summed E-state index contributed by atoms with van der Waals surface area (Å²) >= 11 is 3.61. The lowest BCUT2D eigenvalue weighted by atomic mass is 9.81. The average molecular weight is 278 g/mol. The lowest BCUT2D eigenvalue weighted by Gasteiger charge is -2.34. The van der Waals surface area contributed by atoms with Gasteiger partial charge in [-0.15, -0.1) is 0 Å². The highest BCUT2D eigenvalue weighted by Gasteiger charge is 2.30. The minimum atomic E-state index is 0.319. The molecule has 1 N–H and O–H groups in total. The minimum absolute atomic E-state index is 0.319. The zero-order valence-corrected chi connectivity index (χ0v) is 11.8. The molecule has 1 saturated heterocycles. The van der Waals surface area contributed by atoms with Crippen LogP contribution in [0.5, 0.6) is 0 Å². The number of halogens is 1. The van der Waals surface area contributed by atoms with Gasteiger partial charge in [0.2, 0.25) is 0 Å². The van der Waals surface area contributed by atoms with Gasteiger partial charge in [0.25, 0.3) is 0 Å². The first kappa shape index (κ1) is 13.5. The molecule has 0 aliphatic carbocycles. The Hall–Kier alpha value is 0.400. The van der Waals surface area contributed by atoms with Crippen molar-refractivity contribution in [3.63, 3.8) is 0 Å². The molecule has 0 spiro atoms. The van der Waals surface area contributed by atoms with E-state index >= 15 is 0 Å². The summed E-state index contributed by atoms with van der Waals surface area (Å²) in [5.41, 5.74) is 0.339. The molecular weight excluding hydrogens is 254 g/mol. The lowest BCUT2D eigenvalue weighted by Crippen LogP contribution is -2.40. The van der Waals surface area contributed by atoms with Crippen molar-refractivity contribution < 1.29 is 5.11 Å². The van der Waals surface area contributed by atoms with Crippen LogP contribution >= 0.6 is 15.9 Å². The summed E-state index contributed by atoms with van der Waals surface area (Å²) in [7, 11) is 0. The Morgan fingerprint density at radius 1 is 1.47 bits per heavy atom. The van der Waals surface area contributed by atoms with E-state index in [-0.39, 0.29) is 0 Å². The van der Waals surface area contributed by atoms with E-state index in [4.69, 9.17) is 0 Å². The third kappa shape index (κ3) is 3.72. The van der Waals surface area contributed by atoms with Crippen molar-refractivity contribution in [2.75, 3.05) is 25.0 Å². The van der Waals surface area contributed by atoms with Crippen molar-refractivity contribution in [2.24, 2.45) is 11.3 Å². The summed E-state index contributed by atoms with van der Waals surface area (Å²) in [4.78, 5) is 2.46. The number of aliphatic hydroxyl groups is 1. The van der Waals surface area contributed by atoms with Crippen molar-refractivity contribution >= 4 is 15.9 Å². The Bertz CT molecular complexity index is 191. The molecule has 1 rings (SSSR count). The van der Waals surface area contributed by atoms with Gasteiger partial charge in [0.1, 0.15) is 0 Å². The van der Waals surface area contributed by atoms with Gasteiger partial charge in [-0.3, -0.25) is 4.90 Å². The Kier molecular flexibility index (Phi) is 5.07. The zero-order chi connectivity index (χ0) is 11.5. The Balaban J connectivity index is 2.51. The molecule has 1 heterocycles. The molecule has 1 fully saturated rings. The normalized spacial score (nSPS) is 25.8. The molecule has 0 aromatic carbocycles. The first-order valence-corrected chi connectivity index (χ1v) is 7.02. The summed E-state index contributed by atoms with van der Waals surface area (Å²) in [5, 5.41) is 10.3. The third-order valence-corrected chi connectivity index (χ3v) is 4.36. The molecule has 1 aliphatic rings. The standard InChI is InChI=1S/C12H24BrNO/c1-12(2,3)10(7-13)8-14-6-4-5-11(14)9-15/h10-11,15H,4-9H2,1-3H3. The van der Waals surface area contributed by atoms with Crippen molar-refractivity contribution in [1.82, 2.24) is 4.90 Å². The molecule has 2 nitrogen and oxygen atoms in total. The van der Waals surface area contributed by atoms with Gasteiger partial charge in [-0.2, -0.15) is 0 Å². The summed E-state index contributed by atoms with van der Waals surface area (Å²) < 4.78 is 0. The van der Waals surface area contributed by atoms with E-state index in [1.165, 1.54) is 6.42 Å². The summed E-state index contributed by atoms with van der Waals surface area (Å²) in [6, 6.07) is 0.411. The Morgan fingerprint density at radius 2 is 2.13 bits per heavy atom. The zero-order valence-electron chi connectivity index (χ0n) is 10.2. The number of rotatable bonds is 4. The fraction of sp³-hybridized carbons (Fsp3) is 1.00. The topological polar surface area (TPSA) is 23.5 Å².